The van der Waals surface area contributed by atoms with E-state index in [0.29, 0.717) is 15.6 Å². The van der Waals surface area contributed by atoms with Crippen molar-refractivity contribution in [3.05, 3.63) is 59.1 Å². The summed E-state index contributed by atoms with van der Waals surface area (Å²) in [6.45, 7) is 0. The largest absolute Gasteiger partial charge is 0.375 e. The molecule has 88 valence electrons. The third kappa shape index (κ3) is 1.87. The van der Waals surface area contributed by atoms with Crippen LogP contribution in [-0.4, -0.2) is 10.8 Å². The molecule has 0 unspecified atom stereocenters. The second-order valence-electron chi connectivity index (χ2n) is 3.95. The summed E-state index contributed by atoms with van der Waals surface area (Å²) in [5.41, 5.74) is 6.20. The van der Waals surface area contributed by atoms with E-state index in [9.17, 15) is 4.79 Å². The molecule has 0 amide bonds. The second kappa shape index (κ2) is 4.23. The molecule has 18 heavy (non-hydrogen) atoms. The number of nitrogens with two attached hydrogens (primary N) is 1. The summed E-state index contributed by atoms with van der Waals surface area (Å²) in [5.74, 6) is -0.0325. The van der Waals surface area contributed by atoms with Crippen molar-refractivity contribution in [2.24, 2.45) is 0 Å². The zero-order valence-corrected chi connectivity index (χ0v) is 10.3. The lowest BCUT2D eigenvalue weighted by atomic mass is 10.0. The molecule has 3 aromatic rings. The molecule has 0 aliphatic heterocycles. The fourth-order valence-electron chi connectivity index (χ4n) is 1.87. The van der Waals surface area contributed by atoms with E-state index in [4.69, 9.17) is 5.73 Å². The average molecular weight is 254 g/mol. The average Bonchev–Trinajstić information content (AvgIpc) is 2.84. The number of benzene rings is 2. The van der Waals surface area contributed by atoms with Gasteiger partial charge in [-0.05, 0) is 16.8 Å². The summed E-state index contributed by atoms with van der Waals surface area (Å²) >= 11 is 1.21. The van der Waals surface area contributed by atoms with Gasteiger partial charge in [0.05, 0.1) is 11.1 Å². The quantitative estimate of drug-likeness (QED) is 0.715. The van der Waals surface area contributed by atoms with E-state index in [2.05, 4.69) is 4.98 Å². The van der Waals surface area contributed by atoms with Crippen molar-refractivity contribution in [3.63, 3.8) is 0 Å². The Morgan fingerprint density at radius 2 is 1.89 bits per heavy atom. The SMILES string of the molecule is Nc1ncc(C(=O)c2ccc3ccccc3c2)s1. The molecule has 1 aromatic heterocycles. The van der Waals surface area contributed by atoms with Gasteiger partial charge in [-0.25, -0.2) is 4.98 Å². The van der Waals surface area contributed by atoms with Crippen molar-refractivity contribution in [2.75, 3.05) is 5.73 Å². The summed E-state index contributed by atoms with van der Waals surface area (Å²) in [6.07, 6.45) is 1.53. The topological polar surface area (TPSA) is 56.0 Å². The van der Waals surface area contributed by atoms with Gasteiger partial charge in [-0.2, -0.15) is 0 Å². The maximum Gasteiger partial charge on any atom is 0.204 e. The fraction of sp³-hybridized carbons (Fsp3) is 0. The van der Waals surface area contributed by atoms with Crippen molar-refractivity contribution in [1.82, 2.24) is 4.98 Å². The molecule has 2 N–H and O–H groups in total. The van der Waals surface area contributed by atoms with Crippen molar-refractivity contribution in [2.45, 2.75) is 0 Å². The van der Waals surface area contributed by atoms with Gasteiger partial charge >= 0.3 is 0 Å². The molecular weight excluding hydrogens is 244 g/mol. The molecule has 2 aromatic carbocycles. The van der Waals surface area contributed by atoms with Gasteiger partial charge in [0.1, 0.15) is 0 Å². The normalized spacial score (nSPS) is 10.7. The molecule has 3 rings (SSSR count). The van der Waals surface area contributed by atoms with Crippen molar-refractivity contribution >= 4 is 33.0 Å². The van der Waals surface area contributed by atoms with Gasteiger partial charge < -0.3 is 5.73 Å². The van der Waals surface area contributed by atoms with Gasteiger partial charge in [0.25, 0.3) is 0 Å². The number of fused-ring (bicyclic) bond motifs is 1. The Kier molecular flexibility index (Phi) is 2.57. The molecule has 0 aliphatic carbocycles. The Morgan fingerprint density at radius 3 is 2.61 bits per heavy atom. The molecule has 0 saturated heterocycles. The van der Waals surface area contributed by atoms with Crippen molar-refractivity contribution < 1.29 is 4.79 Å². The highest BCUT2D eigenvalue weighted by Crippen LogP contribution is 2.21. The van der Waals surface area contributed by atoms with Crippen molar-refractivity contribution in [1.29, 1.82) is 0 Å². The Labute approximate surface area is 108 Å². The number of ketones is 1. The van der Waals surface area contributed by atoms with E-state index in [1.807, 2.05) is 42.5 Å². The maximum atomic E-state index is 12.2. The van der Waals surface area contributed by atoms with E-state index in [0.717, 1.165) is 10.8 Å². The summed E-state index contributed by atoms with van der Waals surface area (Å²) < 4.78 is 0. The summed E-state index contributed by atoms with van der Waals surface area (Å²) in [6, 6.07) is 13.6. The molecule has 0 bridgehead atoms. The van der Waals surface area contributed by atoms with Crippen LogP contribution in [0.4, 0.5) is 5.13 Å². The number of nitrogen functional groups attached to an aromatic ring is 1. The van der Waals surface area contributed by atoms with Gasteiger partial charge in [-0.15, -0.1) is 0 Å². The van der Waals surface area contributed by atoms with Gasteiger partial charge in [0.15, 0.2) is 5.13 Å². The van der Waals surface area contributed by atoms with E-state index in [1.165, 1.54) is 17.5 Å². The van der Waals surface area contributed by atoms with Gasteiger partial charge in [0, 0.05) is 5.56 Å². The van der Waals surface area contributed by atoms with Crippen LogP contribution in [0, 0.1) is 0 Å². The second-order valence-corrected chi connectivity index (χ2v) is 5.02. The van der Waals surface area contributed by atoms with Crippen LogP contribution in [0.2, 0.25) is 0 Å². The Bertz CT molecular complexity index is 733. The number of anilines is 1. The first-order valence-corrected chi connectivity index (χ1v) is 6.30. The Hall–Kier alpha value is -2.20. The third-order valence-corrected chi connectivity index (χ3v) is 3.58. The highest BCUT2D eigenvalue weighted by molar-refractivity contribution is 7.17. The zero-order chi connectivity index (χ0) is 12.5. The van der Waals surface area contributed by atoms with E-state index in [-0.39, 0.29) is 5.78 Å². The highest BCUT2D eigenvalue weighted by Gasteiger charge is 2.12. The lowest BCUT2D eigenvalue weighted by molar-refractivity contribution is 0.104. The minimum Gasteiger partial charge on any atom is -0.375 e. The molecule has 0 spiro atoms. The van der Waals surface area contributed by atoms with Gasteiger partial charge in [-0.3, -0.25) is 4.79 Å². The lowest BCUT2D eigenvalue weighted by Crippen LogP contribution is -1.98. The minimum absolute atomic E-state index is 0.0325. The fourth-order valence-corrected chi connectivity index (χ4v) is 2.51. The van der Waals surface area contributed by atoms with Crippen LogP contribution in [0.1, 0.15) is 15.2 Å². The molecule has 3 nitrogen and oxygen atoms in total. The third-order valence-electron chi connectivity index (χ3n) is 2.76. The van der Waals surface area contributed by atoms with E-state index >= 15 is 0 Å². The molecule has 0 atom stereocenters. The Morgan fingerprint density at radius 1 is 1.11 bits per heavy atom. The number of carbonyl (C=O) groups is 1. The van der Waals surface area contributed by atoms with E-state index in [1.54, 1.807) is 0 Å². The smallest absolute Gasteiger partial charge is 0.204 e. The molecule has 1 heterocycles. The number of hydrogen-bond donors (Lipinski definition) is 1. The monoisotopic (exact) mass is 254 g/mol. The van der Waals surface area contributed by atoms with Crippen LogP contribution < -0.4 is 5.73 Å². The van der Waals surface area contributed by atoms with Crippen LogP contribution in [0.25, 0.3) is 10.8 Å². The predicted molar refractivity (Wildman–Crippen MR) is 73.9 cm³/mol. The van der Waals surface area contributed by atoms with E-state index < -0.39 is 0 Å². The number of nitrogens with zero attached hydrogens (tertiary/aromatic N) is 1. The number of rotatable bonds is 2. The van der Waals surface area contributed by atoms with Crippen molar-refractivity contribution in [3.8, 4) is 0 Å². The van der Waals surface area contributed by atoms with Crippen LogP contribution in [-0.2, 0) is 0 Å². The van der Waals surface area contributed by atoms with Gasteiger partial charge in [-0.1, -0.05) is 47.7 Å². The van der Waals surface area contributed by atoms with Crippen LogP contribution >= 0.6 is 11.3 Å². The summed E-state index contributed by atoms with van der Waals surface area (Å²) in [5, 5.41) is 2.60. The number of carbonyl (C=O) groups excluding carboxylic acids is 1. The summed E-state index contributed by atoms with van der Waals surface area (Å²) in [4.78, 5) is 16.7. The lowest BCUT2D eigenvalue weighted by Gasteiger charge is -2.01. The Balaban J connectivity index is 2.06. The first-order valence-electron chi connectivity index (χ1n) is 5.49. The molecule has 4 heteroatoms. The van der Waals surface area contributed by atoms with Crippen LogP contribution in [0.5, 0.6) is 0 Å². The maximum absolute atomic E-state index is 12.2. The molecule has 0 aliphatic rings. The molecule has 0 radical (unpaired) electrons. The first-order chi connectivity index (χ1) is 8.74. The molecule has 0 saturated carbocycles. The van der Waals surface area contributed by atoms with Crippen LogP contribution in [0.15, 0.2) is 48.7 Å². The minimum atomic E-state index is -0.0325. The highest BCUT2D eigenvalue weighted by atomic mass is 32.1. The predicted octanol–water partition coefficient (Wildman–Crippen LogP) is 3.11. The number of thiazole rings is 1. The first kappa shape index (κ1) is 10.9. The molecular formula is C14H10N2OS. The zero-order valence-electron chi connectivity index (χ0n) is 9.46. The van der Waals surface area contributed by atoms with Gasteiger partial charge in [0.2, 0.25) is 5.78 Å². The standard InChI is InChI=1S/C14H10N2OS/c15-14-16-8-12(18-14)13(17)11-6-5-9-3-1-2-4-10(9)7-11/h1-8H,(H2,15,16). The number of aromatic nitrogens is 1. The van der Waals surface area contributed by atoms with Crippen LogP contribution in [0.3, 0.4) is 0 Å². The molecule has 0 fully saturated rings. The number of hydrogen-bond acceptors (Lipinski definition) is 4. The summed E-state index contributed by atoms with van der Waals surface area (Å²) in [7, 11) is 0.